The van der Waals surface area contributed by atoms with Crippen LogP contribution in [0.4, 0.5) is 10.8 Å². The van der Waals surface area contributed by atoms with E-state index in [9.17, 15) is 29.4 Å². The molecule has 5 heterocycles. The molecule has 43 heavy (non-hydrogen) atoms. The first kappa shape index (κ1) is 30.2. The monoisotopic (exact) mass is 632 g/mol. The highest BCUT2D eigenvalue weighted by Gasteiger charge is 2.55. The van der Waals surface area contributed by atoms with Crippen LogP contribution in [0.15, 0.2) is 41.0 Å². The van der Waals surface area contributed by atoms with Gasteiger partial charge in [-0.1, -0.05) is 5.16 Å². The summed E-state index contributed by atoms with van der Waals surface area (Å²) in [5.74, 6) is -4.02. The molecule has 5 rings (SSSR count). The van der Waals surface area contributed by atoms with Crippen molar-refractivity contribution in [3.8, 4) is 0 Å². The van der Waals surface area contributed by atoms with Crippen molar-refractivity contribution in [2.75, 3.05) is 29.9 Å². The third-order valence-electron chi connectivity index (χ3n) is 6.98. The molecule has 18 heteroatoms. The molecule has 2 aromatic rings. The molecule has 7 N–H and O–H groups in total. The number of β-lactam (4-membered cyclic amide) rings is 1. The number of hydrogen-bond donors (Lipinski definition) is 6. The Labute approximate surface area is 253 Å². The number of rotatable bonds is 11. The van der Waals surface area contributed by atoms with E-state index in [0.29, 0.717) is 17.4 Å². The van der Waals surface area contributed by atoms with Gasteiger partial charge in [0.15, 0.2) is 24.1 Å². The maximum absolute atomic E-state index is 13.2. The van der Waals surface area contributed by atoms with Crippen LogP contribution in [0.5, 0.6) is 0 Å². The van der Waals surface area contributed by atoms with Crippen molar-refractivity contribution in [3.05, 3.63) is 41.6 Å². The van der Waals surface area contributed by atoms with E-state index in [2.05, 4.69) is 30.5 Å². The summed E-state index contributed by atoms with van der Waals surface area (Å²) in [7, 11) is 0. The van der Waals surface area contributed by atoms with E-state index in [1.165, 1.54) is 30.5 Å². The molecular weight excluding hydrogens is 602 g/mol. The van der Waals surface area contributed by atoms with Crippen LogP contribution in [0.1, 0.15) is 26.1 Å². The quantitative estimate of drug-likeness (QED) is 0.0773. The zero-order valence-electron chi connectivity index (χ0n) is 23.1. The van der Waals surface area contributed by atoms with Gasteiger partial charge in [-0.2, -0.15) is 9.36 Å². The van der Waals surface area contributed by atoms with Crippen LogP contribution < -0.4 is 26.3 Å². The number of nitrogens with zero attached hydrogens (tertiary/aromatic N) is 5. The average molecular weight is 633 g/mol. The van der Waals surface area contributed by atoms with E-state index < -0.39 is 46.5 Å². The van der Waals surface area contributed by atoms with Crippen LogP contribution in [0, 0.1) is 0 Å². The van der Waals surface area contributed by atoms with E-state index in [-0.39, 0.29) is 23.2 Å². The molecule has 0 radical (unpaired) electrons. The van der Waals surface area contributed by atoms with Gasteiger partial charge in [0.05, 0.1) is 0 Å². The summed E-state index contributed by atoms with van der Waals surface area (Å²) < 4.78 is 5.78. The smallest absolute Gasteiger partial charge is 0.352 e. The van der Waals surface area contributed by atoms with Crippen molar-refractivity contribution in [1.82, 2.24) is 24.9 Å². The molecule has 2 fully saturated rings. The number of fused-ring (bicyclic) bond motifs is 1. The lowest BCUT2D eigenvalue weighted by Crippen LogP contribution is -2.71. The molecule has 3 aliphatic rings. The molecular formula is C25H30N9O7S2+. The molecule has 0 saturated carbocycles. The lowest BCUT2D eigenvalue weighted by Gasteiger charge is -2.49. The molecule has 0 aliphatic carbocycles. The number of anilines is 2. The maximum Gasteiger partial charge on any atom is 0.352 e. The number of amides is 2. The number of aromatic nitrogens is 3. The van der Waals surface area contributed by atoms with Crippen LogP contribution in [0.2, 0.25) is 0 Å². The van der Waals surface area contributed by atoms with Gasteiger partial charge in [-0.05, 0) is 26.8 Å². The molecule has 3 aliphatic heterocycles. The van der Waals surface area contributed by atoms with E-state index in [0.717, 1.165) is 36.7 Å². The first-order chi connectivity index (χ1) is 20.4. The normalized spacial score (nSPS) is 22.1. The number of nitrogens with two attached hydrogens (primary N) is 1. The molecule has 2 amide bonds. The molecule has 0 bridgehead atoms. The van der Waals surface area contributed by atoms with Crippen LogP contribution in [0.25, 0.3) is 0 Å². The first-order valence-corrected chi connectivity index (χ1v) is 15.0. The van der Waals surface area contributed by atoms with Crippen molar-refractivity contribution in [2.45, 2.75) is 49.9 Å². The molecule has 3 atom stereocenters. The Morgan fingerprint density at radius 1 is 1.30 bits per heavy atom. The average Bonchev–Trinajstić information content (AvgIpc) is 3.64. The standard InChI is InChI=1S/C25H29N9O7S2/c1-25(2,23(39)40)41-31-15(18-30-24(26)43-32-18)19(35)29-16-20(36)34-17(22(37)38)12(11-42-21(16)34)10-33-7-4-13(5-8-33)28-14-3-6-27-9-14/h4-5,7-8,14,16,21,27H,3,6,9-11H2,1-2H3,(H5,26,29,30,32,35,37,38,39,40)/p+1/b31-15-/t14-,16+,21+/m0/s1. The lowest BCUT2D eigenvalue weighted by atomic mass is 10.0. The zero-order valence-corrected chi connectivity index (χ0v) is 24.8. The van der Waals surface area contributed by atoms with Gasteiger partial charge in [0.1, 0.15) is 17.1 Å². The van der Waals surface area contributed by atoms with E-state index in [4.69, 9.17) is 10.6 Å². The number of oxime groups is 1. The Morgan fingerprint density at radius 2 is 2.05 bits per heavy atom. The first-order valence-electron chi connectivity index (χ1n) is 13.2. The van der Waals surface area contributed by atoms with Crippen LogP contribution in [-0.4, -0.2) is 95.8 Å². The number of carbonyl (C=O) groups excluding carboxylic acids is 2. The molecule has 228 valence electrons. The second kappa shape index (κ2) is 12.1. The minimum Gasteiger partial charge on any atom is -0.478 e. The summed E-state index contributed by atoms with van der Waals surface area (Å²) in [6.45, 7) is 4.60. The Hall–Kier alpha value is -4.29. The third kappa shape index (κ3) is 6.40. The minimum absolute atomic E-state index is 0.0281. The van der Waals surface area contributed by atoms with Gasteiger partial charge >= 0.3 is 11.9 Å². The van der Waals surface area contributed by atoms with Crippen molar-refractivity contribution >= 4 is 63.6 Å². The Morgan fingerprint density at radius 3 is 2.65 bits per heavy atom. The van der Waals surface area contributed by atoms with Crippen molar-refractivity contribution in [3.63, 3.8) is 0 Å². The fraction of sp³-hybridized carbons (Fsp3) is 0.440. The fourth-order valence-corrected chi connectivity index (χ4v) is 6.39. The predicted molar refractivity (Wildman–Crippen MR) is 155 cm³/mol. The van der Waals surface area contributed by atoms with Crippen molar-refractivity contribution in [2.24, 2.45) is 5.16 Å². The van der Waals surface area contributed by atoms with Crippen molar-refractivity contribution in [1.29, 1.82) is 0 Å². The van der Waals surface area contributed by atoms with E-state index >= 15 is 0 Å². The van der Waals surface area contributed by atoms with Gasteiger partial charge in [-0.3, -0.25) is 14.5 Å². The number of thioether (sulfide) groups is 1. The Bertz CT molecular complexity index is 1500. The van der Waals surface area contributed by atoms with E-state index in [1.807, 2.05) is 29.1 Å². The second-order valence-corrected chi connectivity index (χ2v) is 12.4. The topological polar surface area (TPSA) is 225 Å². The number of nitrogens with one attached hydrogen (secondary N) is 3. The number of carboxylic acid groups (broad SMARTS) is 2. The number of carboxylic acids is 2. The molecule has 2 saturated heterocycles. The summed E-state index contributed by atoms with van der Waals surface area (Å²) >= 11 is 2.10. The van der Waals surface area contributed by atoms with Crippen molar-refractivity contribution < 1.29 is 38.8 Å². The largest absolute Gasteiger partial charge is 0.478 e. The molecule has 0 spiro atoms. The van der Waals surface area contributed by atoms with Crippen LogP contribution >= 0.6 is 23.3 Å². The molecule has 2 aromatic heterocycles. The van der Waals surface area contributed by atoms with Crippen LogP contribution in [-0.2, 0) is 30.6 Å². The van der Waals surface area contributed by atoms with Gasteiger partial charge in [0.25, 0.3) is 11.8 Å². The van der Waals surface area contributed by atoms with Crippen LogP contribution in [0.3, 0.4) is 0 Å². The minimum atomic E-state index is -1.78. The van der Waals surface area contributed by atoms with E-state index in [1.54, 1.807) is 0 Å². The molecule has 0 aromatic carbocycles. The predicted octanol–water partition coefficient (Wildman–Crippen LogP) is -0.796. The number of hydrogen-bond acceptors (Lipinski definition) is 13. The number of aliphatic carboxylic acids is 2. The highest BCUT2D eigenvalue weighted by molar-refractivity contribution is 8.00. The number of nitrogen functional groups attached to an aromatic ring is 1. The molecule has 16 nitrogen and oxygen atoms in total. The Balaban J connectivity index is 1.30. The number of pyridine rings is 1. The highest BCUT2D eigenvalue weighted by Crippen LogP contribution is 2.40. The highest BCUT2D eigenvalue weighted by atomic mass is 32.2. The molecule has 0 unspecified atom stereocenters. The van der Waals surface area contributed by atoms with Gasteiger partial charge < -0.3 is 36.7 Å². The zero-order chi connectivity index (χ0) is 30.9. The Kier molecular flexibility index (Phi) is 8.52. The second-order valence-electron chi connectivity index (χ2n) is 10.5. The maximum atomic E-state index is 13.2. The SMILES string of the molecule is CC(C)(O/N=C(\C(=O)N[C@@H]1C(=O)N2C(C(=O)O)=C(C[n+]3ccc(N[C@H]4CCNC4)cc3)CS[C@H]12)c1nsc(N)n1)C(=O)O. The third-order valence-corrected chi connectivity index (χ3v) is 8.86. The van der Waals surface area contributed by atoms with Gasteiger partial charge in [-0.15, -0.1) is 11.8 Å². The van der Waals surface area contributed by atoms with Gasteiger partial charge in [-0.25, -0.2) is 14.2 Å². The summed E-state index contributed by atoms with van der Waals surface area (Å²) in [5, 5.41) is 31.7. The van der Waals surface area contributed by atoms with Gasteiger partial charge in [0.2, 0.25) is 17.1 Å². The fourth-order valence-electron chi connectivity index (χ4n) is 4.62. The lowest BCUT2D eigenvalue weighted by molar-refractivity contribution is -0.688. The number of carbonyl (C=O) groups is 4. The summed E-state index contributed by atoms with van der Waals surface area (Å²) in [6.07, 6.45) is 4.74. The summed E-state index contributed by atoms with van der Waals surface area (Å²) in [5.41, 5.74) is 4.76. The summed E-state index contributed by atoms with van der Waals surface area (Å²) in [6, 6.07) is 3.12. The van der Waals surface area contributed by atoms with Gasteiger partial charge in [0, 0.05) is 53.3 Å². The summed E-state index contributed by atoms with van der Waals surface area (Å²) in [4.78, 5) is 60.3.